The maximum Gasteiger partial charge on any atom is 0.254 e. The quantitative estimate of drug-likeness (QED) is 0.858. The van der Waals surface area contributed by atoms with E-state index in [9.17, 15) is 9.18 Å². The van der Waals surface area contributed by atoms with Gasteiger partial charge >= 0.3 is 0 Å². The van der Waals surface area contributed by atoms with Crippen LogP contribution >= 0.6 is 0 Å². The van der Waals surface area contributed by atoms with Crippen LogP contribution in [0.5, 0.6) is 0 Å². The van der Waals surface area contributed by atoms with Gasteiger partial charge in [-0.3, -0.25) is 4.79 Å². The Morgan fingerprint density at radius 1 is 1.48 bits per heavy atom. The largest absolute Gasteiger partial charge is 0.396 e. The van der Waals surface area contributed by atoms with Crippen molar-refractivity contribution < 1.29 is 14.3 Å². The van der Waals surface area contributed by atoms with E-state index < -0.39 is 0 Å². The number of aliphatic hydroxyl groups is 1. The van der Waals surface area contributed by atoms with Crippen LogP contribution in [-0.2, 0) is 0 Å². The molecule has 0 bridgehead atoms. The second-order valence-corrected chi connectivity index (χ2v) is 5.94. The molecule has 1 aliphatic carbocycles. The fourth-order valence-electron chi connectivity index (χ4n) is 2.81. The average Bonchev–Trinajstić information content (AvgIpc) is 3.31. The van der Waals surface area contributed by atoms with Crippen molar-refractivity contribution in [3.63, 3.8) is 0 Å². The van der Waals surface area contributed by atoms with Crippen LogP contribution in [0.15, 0.2) is 30.5 Å². The van der Waals surface area contributed by atoms with E-state index in [-0.39, 0.29) is 24.4 Å². The molecule has 2 N–H and O–H groups in total. The Morgan fingerprint density at radius 2 is 2.22 bits per heavy atom. The molecule has 1 aromatic heterocycles. The van der Waals surface area contributed by atoms with Crippen LogP contribution in [0.25, 0.3) is 5.69 Å². The first-order valence-corrected chi connectivity index (χ1v) is 7.83. The Bertz CT molecular complexity index is 710. The monoisotopic (exact) mass is 317 g/mol. The third-order valence-electron chi connectivity index (χ3n) is 4.28. The predicted molar refractivity (Wildman–Crippen MR) is 83.9 cm³/mol. The van der Waals surface area contributed by atoms with Crippen LogP contribution in [0, 0.1) is 18.7 Å². The van der Waals surface area contributed by atoms with Gasteiger partial charge in [-0.2, -0.15) is 5.10 Å². The zero-order chi connectivity index (χ0) is 16.4. The second-order valence-electron chi connectivity index (χ2n) is 5.94. The standard InChI is InChI=1S/C17H20FN3O2/c1-11-13(17(23)20-15(8-9-22)12-6-7-12)10-19-21(11)16-5-3-2-4-14(16)18/h2-5,10,12,15,22H,6-9H2,1H3,(H,20,23). The lowest BCUT2D eigenvalue weighted by Gasteiger charge is -2.17. The number of carbonyl (C=O) groups excluding carboxylic acids is 1. The van der Waals surface area contributed by atoms with E-state index in [2.05, 4.69) is 10.4 Å². The van der Waals surface area contributed by atoms with Gasteiger partial charge in [0.25, 0.3) is 5.91 Å². The lowest BCUT2D eigenvalue weighted by molar-refractivity contribution is 0.0923. The van der Waals surface area contributed by atoms with Crippen molar-refractivity contribution in [3.05, 3.63) is 47.5 Å². The first-order valence-electron chi connectivity index (χ1n) is 7.83. The predicted octanol–water partition coefficient (Wildman–Crippen LogP) is 2.21. The van der Waals surface area contributed by atoms with E-state index >= 15 is 0 Å². The number of para-hydroxylation sites is 1. The van der Waals surface area contributed by atoms with Gasteiger partial charge < -0.3 is 10.4 Å². The molecule has 0 aliphatic heterocycles. The molecule has 1 atom stereocenters. The molecule has 1 saturated carbocycles. The van der Waals surface area contributed by atoms with Crippen LogP contribution in [0.3, 0.4) is 0 Å². The number of amides is 1. The molecule has 2 aromatic rings. The topological polar surface area (TPSA) is 67.2 Å². The van der Waals surface area contributed by atoms with E-state index in [1.165, 1.54) is 16.9 Å². The minimum Gasteiger partial charge on any atom is -0.396 e. The number of benzene rings is 1. The number of rotatable bonds is 6. The second kappa shape index (κ2) is 6.50. The molecule has 1 aromatic carbocycles. The summed E-state index contributed by atoms with van der Waals surface area (Å²) in [4.78, 5) is 12.5. The first-order chi connectivity index (χ1) is 11.1. The van der Waals surface area contributed by atoms with Crippen molar-refractivity contribution in [2.75, 3.05) is 6.61 Å². The molecule has 122 valence electrons. The van der Waals surface area contributed by atoms with Gasteiger partial charge in [0.15, 0.2) is 0 Å². The van der Waals surface area contributed by atoms with Gasteiger partial charge in [0, 0.05) is 12.6 Å². The lowest BCUT2D eigenvalue weighted by atomic mass is 10.1. The number of aromatic nitrogens is 2. The van der Waals surface area contributed by atoms with Crippen LogP contribution in [0.2, 0.25) is 0 Å². The molecule has 0 radical (unpaired) electrons. The molecule has 1 heterocycles. The smallest absolute Gasteiger partial charge is 0.254 e. The zero-order valence-electron chi connectivity index (χ0n) is 13.0. The maximum atomic E-state index is 13.9. The lowest BCUT2D eigenvalue weighted by Crippen LogP contribution is -2.37. The van der Waals surface area contributed by atoms with E-state index in [0.717, 1.165) is 12.8 Å². The van der Waals surface area contributed by atoms with Crippen molar-refractivity contribution in [2.24, 2.45) is 5.92 Å². The summed E-state index contributed by atoms with van der Waals surface area (Å²) in [5.41, 5.74) is 1.33. The summed E-state index contributed by atoms with van der Waals surface area (Å²) in [7, 11) is 0. The highest BCUT2D eigenvalue weighted by molar-refractivity contribution is 5.95. The molecule has 1 amide bonds. The summed E-state index contributed by atoms with van der Waals surface area (Å²) >= 11 is 0. The molecular weight excluding hydrogens is 297 g/mol. The molecular formula is C17H20FN3O2. The van der Waals surface area contributed by atoms with Crippen LogP contribution in [-0.4, -0.2) is 33.4 Å². The van der Waals surface area contributed by atoms with Crippen LogP contribution in [0.1, 0.15) is 35.3 Å². The Kier molecular flexibility index (Phi) is 4.43. The Balaban J connectivity index is 1.81. The summed E-state index contributed by atoms with van der Waals surface area (Å²) in [6, 6.07) is 6.31. The third-order valence-corrected chi connectivity index (χ3v) is 4.28. The van der Waals surface area contributed by atoms with Gasteiger partial charge in [0.1, 0.15) is 11.5 Å². The minimum absolute atomic E-state index is 0.0105. The fourth-order valence-corrected chi connectivity index (χ4v) is 2.81. The Morgan fingerprint density at radius 3 is 2.87 bits per heavy atom. The molecule has 0 spiro atoms. The maximum absolute atomic E-state index is 13.9. The Hall–Kier alpha value is -2.21. The molecule has 23 heavy (non-hydrogen) atoms. The molecule has 0 saturated heterocycles. The van der Waals surface area contributed by atoms with Crippen molar-refractivity contribution >= 4 is 5.91 Å². The number of hydrogen-bond donors (Lipinski definition) is 2. The van der Waals surface area contributed by atoms with Gasteiger partial charge in [-0.25, -0.2) is 9.07 Å². The highest BCUT2D eigenvalue weighted by Gasteiger charge is 2.32. The number of hydrogen-bond acceptors (Lipinski definition) is 3. The van der Waals surface area contributed by atoms with E-state index in [1.54, 1.807) is 25.1 Å². The number of carbonyl (C=O) groups is 1. The molecule has 3 rings (SSSR count). The summed E-state index contributed by atoms with van der Waals surface area (Å²) in [6.07, 6.45) is 4.17. The Labute approximate surface area is 134 Å². The summed E-state index contributed by atoms with van der Waals surface area (Å²) in [5, 5.41) is 16.2. The molecule has 6 heteroatoms. The minimum atomic E-state index is -0.387. The highest BCUT2D eigenvalue weighted by Crippen LogP contribution is 2.34. The van der Waals surface area contributed by atoms with Crippen LogP contribution < -0.4 is 5.32 Å². The summed E-state index contributed by atoms with van der Waals surface area (Å²) < 4.78 is 15.3. The zero-order valence-corrected chi connectivity index (χ0v) is 13.0. The van der Waals surface area contributed by atoms with E-state index in [0.29, 0.717) is 29.3 Å². The average molecular weight is 317 g/mol. The first kappa shape index (κ1) is 15.7. The van der Waals surface area contributed by atoms with E-state index in [4.69, 9.17) is 5.11 Å². The molecule has 5 nitrogen and oxygen atoms in total. The fraction of sp³-hybridized carbons (Fsp3) is 0.412. The van der Waals surface area contributed by atoms with E-state index in [1.807, 2.05) is 0 Å². The number of nitrogens with one attached hydrogen (secondary N) is 1. The van der Waals surface area contributed by atoms with Crippen molar-refractivity contribution in [3.8, 4) is 5.69 Å². The van der Waals surface area contributed by atoms with Gasteiger partial charge in [-0.1, -0.05) is 12.1 Å². The van der Waals surface area contributed by atoms with Gasteiger partial charge in [-0.05, 0) is 44.2 Å². The third kappa shape index (κ3) is 3.27. The molecule has 1 fully saturated rings. The molecule has 1 unspecified atom stereocenters. The van der Waals surface area contributed by atoms with Crippen molar-refractivity contribution in [1.82, 2.24) is 15.1 Å². The van der Waals surface area contributed by atoms with Crippen molar-refractivity contribution in [2.45, 2.75) is 32.2 Å². The van der Waals surface area contributed by atoms with Crippen molar-refractivity contribution in [1.29, 1.82) is 0 Å². The normalized spacial score (nSPS) is 15.4. The van der Waals surface area contributed by atoms with Gasteiger partial charge in [0.2, 0.25) is 0 Å². The number of nitrogens with zero attached hydrogens (tertiary/aromatic N) is 2. The van der Waals surface area contributed by atoms with Crippen LogP contribution in [0.4, 0.5) is 4.39 Å². The summed E-state index contributed by atoms with van der Waals surface area (Å²) in [6.45, 7) is 1.79. The number of halogens is 1. The number of aliphatic hydroxyl groups excluding tert-OH is 1. The summed E-state index contributed by atoms with van der Waals surface area (Å²) in [5.74, 6) is -0.162. The highest BCUT2D eigenvalue weighted by atomic mass is 19.1. The van der Waals surface area contributed by atoms with Gasteiger partial charge in [-0.15, -0.1) is 0 Å². The molecule has 1 aliphatic rings. The van der Waals surface area contributed by atoms with Gasteiger partial charge in [0.05, 0.1) is 17.5 Å². The SMILES string of the molecule is Cc1c(C(=O)NC(CCO)C2CC2)cnn1-c1ccccc1F.